The first kappa shape index (κ1) is 14.0. The van der Waals surface area contributed by atoms with Gasteiger partial charge in [0.25, 0.3) is 0 Å². The Labute approximate surface area is 114 Å². The van der Waals surface area contributed by atoms with E-state index in [4.69, 9.17) is 0 Å². The summed E-state index contributed by atoms with van der Waals surface area (Å²) in [4.78, 5) is 4.67. The summed E-state index contributed by atoms with van der Waals surface area (Å²) in [5.41, 5.74) is 1.27. The maximum Gasteiger partial charge on any atom is 0.0954 e. The lowest BCUT2D eigenvalue weighted by molar-refractivity contribution is 0.0850. The lowest BCUT2D eigenvalue weighted by atomic mass is 9.84. The summed E-state index contributed by atoms with van der Waals surface area (Å²) >= 11 is 1.70. The molecule has 1 saturated carbocycles. The number of nitrogens with zero attached hydrogens (tertiary/aromatic N) is 1. The van der Waals surface area contributed by atoms with E-state index in [0.717, 1.165) is 17.1 Å². The van der Waals surface area contributed by atoms with Gasteiger partial charge in [0.05, 0.1) is 16.8 Å². The lowest BCUT2D eigenvalue weighted by Crippen LogP contribution is -2.25. The predicted octanol–water partition coefficient (Wildman–Crippen LogP) is 3.92. The average Bonchev–Trinajstić information content (AvgIpc) is 2.78. The summed E-state index contributed by atoms with van der Waals surface area (Å²) in [5.74, 6) is 0.501. The van der Waals surface area contributed by atoms with Crippen molar-refractivity contribution in [1.82, 2.24) is 4.98 Å². The van der Waals surface area contributed by atoms with Gasteiger partial charge in [-0.3, -0.25) is 0 Å². The highest BCUT2D eigenvalue weighted by Crippen LogP contribution is 2.29. The smallest absolute Gasteiger partial charge is 0.0954 e. The molecule has 0 saturated heterocycles. The van der Waals surface area contributed by atoms with Crippen molar-refractivity contribution in [3.05, 3.63) is 16.1 Å². The van der Waals surface area contributed by atoms with Gasteiger partial charge < -0.3 is 5.11 Å². The van der Waals surface area contributed by atoms with Crippen LogP contribution in [0, 0.1) is 5.92 Å². The molecule has 0 spiro atoms. The van der Waals surface area contributed by atoms with Crippen molar-refractivity contribution in [2.45, 2.75) is 70.8 Å². The molecule has 1 heterocycles. The van der Waals surface area contributed by atoms with Gasteiger partial charge in [0, 0.05) is 17.2 Å². The van der Waals surface area contributed by atoms with E-state index in [-0.39, 0.29) is 11.5 Å². The summed E-state index contributed by atoms with van der Waals surface area (Å²) in [5, 5.41) is 13.5. The molecule has 1 aromatic rings. The Morgan fingerprint density at radius 2 is 2.00 bits per heavy atom. The molecule has 18 heavy (non-hydrogen) atoms. The van der Waals surface area contributed by atoms with Crippen LogP contribution in [-0.2, 0) is 11.8 Å². The predicted molar refractivity (Wildman–Crippen MR) is 77.1 cm³/mol. The molecule has 0 bridgehead atoms. The van der Waals surface area contributed by atoms with Crippen LogP contribution < -0.4 is 0 Å². The Hall–Kier alpha value is -0.410. The van der Waals surface area contributed by atoms with Gasteiger partial charge in [0.2, 0.25) is 0 Å². The zero-order valence-corrected chi connectivity index (χ0v) is 12.6. The van der Waals surface area contributed by atoms with Gasteiger partial charge >= 0.3 is 0 Å². The van der Waals surface area contributed by atoms with Crippen molar-refractivity contribution >= 4 is 11.3 Å². The van der Waals surface area contributed by atoms with Crippen LogP contribution in [0.1, 0.15) is 63.6 Å². The van der Waals surface area contributed by atoms with Crippen molar-refractivity contribution in [1.29, 1.82) is 0 Å². The zero-order chi connectivity index (χ0) is 13.2. The highest BCUT2D eigenvalue weighted by atomic mass is 32.1. The summed E-state index contributed by atoms with van der Waals surface area (Å²) in [7, 11) is 0. The fraction of sp³-hybridized carbons (Fsp3) is 0.800. The molecule has 1 aromatic heterocycles. The van der Waals surface area contributed by atoms with Crippen LogP contribution in [-0.4, -0.2) is 16.2 Å². The Morgan fingerprint density at radius 1 is 1.33 bits per heavy atom. The first-order chi connectivity index (χ1) is 8.47. The van der Waals surface area contributed by atoms with Gasteiger partial charge in [-0.05, 0) is 18.8 Å². The van der Waals surface area contributed by atoms with E-state index in [1.165, 1.54) is 32.1 Å². The Morgan fingerprint density at radius 3 is 2.56 bits per heavy atom. The topological polar surface area (TPSA) is 33.1 Å². The minimum atomic E-state index is -0.190. The Balaban J connectivity index is 1.94. The second-order valence-electron chi connectivity index (χ2n) is 6.55. The minimum absolute atomic E-state index is 0.116. The summed E-state index contributed by atoms with van der Waals surface area (Å²) in [6.07, 6.45) is 6.85. The minimum Gasteiger partial charge on any atom is -0.392 e. The number of hydrogen-bond donors (Lipinski definition) is 1. The third-order valence-electron chi connectivity index (χ3n) is 3.90. The molecule has 3 heteroatoms. The van der Waals surface area contributed by atoms with Gasteiger partial charge in [-0.1, -0.05) is 40.0 Å². The monoisotopic (exact) mass is 267 g/mol. The van der Waals surface area contributed by atoms with Gasteiger partial charge in [-0.15, -0.1) is 11.3 Å². The molecule has 1 N–H and O–H groups in total. The number of aliphatic hydroxyl groups is 1. The molecular weight excluding hydrogens is 242 g/mol. The molecule has 102 valence electrons. The maximum atomic E-state index is 10.3. The normalized spacial score (nSPS) is 20.0. The second kappa shape index (κ2) is 5.70. The van der Waals surface area contributed by atoms with Crippen molar-refractivity contribution in [3.8, 4) is 0 Å². The number of aliphatic hydroxyl groups excluding tert-OH is 1. The molecule has 0 amide bonds. The quantitative estimate of drug-likeness (QED) is 0.900. The van der Waals surface area contributed by atoms with Gasteiger partial charge in [0.1, 0.15) is 0 Å². The molecule has 1 aliphatic carbocycles. The fourth-order valence-corrected chi connectivity index (χ4v) is 3.69. The van der Waals surface area contributed by atoms with E-state index < -0.39 is 0 Å². The first-order valence-corrected chi connectivity index (χ1v) is 7.98. The number of hydrogen-bond acceptors (Lipinski definition) is 3. The standard InChI is InChI=1S/C15H25NOS/c1-15(2,3)13-10-18-14(16-13)9-12(17)11-7-5-4-6-8-11/h10-12,17H,4-9H2,1-3H3. The van der Waals surface area contributed by atoms with Crippen LogP contribution in [0.25, 0.3) is 0 Å². The van der Waals surface area contributed by atoms with Crippen LogP contribution in [0.3, 0.4) is 0 Å². The zero-order valence-electron chi connectivity index (χ0n) is 11.8. The van der Waals surface area contributed by atoms with E-state index in [2.05, 4.69) is 31.1 Å². The molecule has 1 fully saturated rings. The molecule has 0 aliphatic heterocycles. The van der Waals surface area contributed by atoms with Crippen molar-refractivity contribution < 1.29 is 5.11 Å². The third kappa shape index (κ3) is 3.55. The van der Waals surface area contributed by atoms with Crippen LogP contribution in [0.5, 0.6) is 0 Å². The maximum absolute atomic E-state index is 10.3. The molecule has 1 atom stereocenters. The summed E-state index contributed by atoms with van der Waals surface area (Å²) in [6, 6.07) is 0. The molecule has 0 aromatic carbocycles. The summed E-state index contributed by atoms with van der Waals surface area (Å²) in [6.45, 7) is 6.55. The van der Waals surface area contributed by atoms with E-state index in [9.17, 15) is 5.11 Å². The number of rotatable bonds is 3. The highest BCUT2D eigenvalue weighted by molar-refractivity contribution is 7.09. The van der Waals surface area contributed by atoms with Crippen molar-refractivity contribution in [3.63, 3.8) is 0 Å². The van der Waals surface area contributed by atoms with E-state index in [1.807, 2.05) is 0 Å². The van der Waals surface area contributed by atoms with E-state index in [0.29, 0.717) is 5.92 Å². The molecular formula is C15H25NOS. The average molecular weight is 267 g/mol. The largest absolute Gasteiger partial charge is 0.392 e. The molecule has 1 unspecified atom stereocenters. The fourth-order valence-electron chi connectivity index (χ4n) is 2.61. The van der Waals surface area contributed by atoms with Crippen LogP contribution >= 0.6 is 11.3 Å². The van der Waals surface area contributed by atoms with Crippen molar-refractivity contribution in [2.75, 3.05) is 0 Å². The van der Waals surface area contributed by atoms with Gasteiger partial charge in [-0.2, -0.15) is 0 Å². The molecule has 0 radical (unpaired) electrons. The first-order valence-electron chi connectivity index (χ1n) is 7.10. The van der Waals surface area contributed by atoms with E-state index in [1.54, 1.807) is 11.3 Å². The third-order valence-corrected chi connectivity index (χ3v) is 4.77. The summed E-state index contributed by atoms with van der Waals surface area (Å²) < 4.78 is 0. The Bertz CT molecular complexity index is 374. The van der Waals surface area contributed by atoms with Gasteiger partial charge in [0.15, 0.2) is 0 Å². The highest BCUT2D eigenvalue weighted by Gasteiger charge is 2.24. The second-order valence-corrected chi connectivity index (χ2v) is 7.49. The van der Waals surface area contributed by atoms with Crippen molar-refractivity contribution in [2.24, 2.45) is 5.92 Å². The molecule has 2 nitrogen and oxygen atoms in total. The van der Waals surface area contributed by atoms with Gasteiger partial charge in [-0.25, -0.2) is 4.98 Å². The van der Waals surface area contributed by atoms with Crippen LogP contribution in [0.4, 0.5) is 0 Å². The molecule has 2 rings (SSSR count). The van der Waals surface area contributed by atoms with Crippen LogP contribution in [0.2, 0.25) is 0 Å². The lowest BCUT2D eigenvalue weighted by Gasteiger charge is -2.26. The number of aromatic nitrogens is 1. The molecule has 1 aliphatic rings. The Kier molecular flexibility index (Phi) is 4.44. The number of thiazole rings is 1. The SMILES string of the molecule is CC(C)(C)c1csc(CC(O)C2CCCCC2)n1. The van der Waals surface area contributed by atoms with E-state index >= 15 is 0 Å². The van der Waals surface area contributed by atoms with Crippen LogP contribution in [0.15, 0.2) is 5.38 Å².